The van der Waals surface area contributed by atoms with Crippen molar-refractivity contribution in [3.63, 3.8) is 0 Å². The molecule has 0 aromatic rings. The van der Waals surface area contributed by atoms with Crippen molar-refractivity contribution in [2.75, 3.05) is 47.5 Å². The fourth-order valence-corrected chi connectivity index (χ4v) is 6.09. The Morgan fingerprint density at radius 1 is 0.596 bits per heavy atom. The standard InChI is InChI=1S/C42H78NO8P/c1-6-8-10-12-14-16-18-19-20-21-22-23-25-27-29-31-33-35-42(45)51-40(39-50-52(46,47)49-37-36-43(3,4)5)38-48-41(44)34-32-30-28-26-24-17-15-13-11-9-7-2/h14,16,19-20,22-23,40H,6-13,15,17-18,21,24-39H2,1-5H3/b16-14-,20-19-,23-22-/t40-/m1/s1. The summed E-state index contributed by atoms with van der Waals surface area (Å²) in [5.41, 5.74) is 0. The van der Waals surface area contributed by atoms with Crippen molar-refractivity contribution in [1.29, 1.82) is 0 Å². The van der Waals surface area contributed by atoms with Crippen LogP contribution in [0.2, 0.25) is 0 Å². The van der Waals surface area contributed by atoms with Gasteiger partial charge in [-0.25, -0.2) is 0 Å². The molecule has 304 valence electrons. The van der Waals surface area contributed by atoms with Gasteiger partial charge in [0.15, 0.2) is 6.10 Å². The molecule has 0 bridgehead atoms. The van der Waals surface area contributed by atoms with Gasteiger partial charge in [-0.3, -0.25) is 14.2 Å². The molecule has 9 nitrogen and oxygen atoms in total. The average molecular weight is 756 g/mol. The van der Waals surface area contributed by atoms with Crippen molar-refractivity contribution in [1.82, 2.24) is 0 Å². The van der Waals surface area contributed by atoms with Crippen molar-refractivity contribution in [3.8, 4) is 0 Å². The first-order chi connectivity index (χ1) is 25.0. The molecule has 2 atom stereocenters. The number of quaternary nitrogens is 1. The lowest BCUT2D eigenvalue weighted by Gasteiger charge is -2.28. The number of hydrogen-bond acceptors (Lipinski definition) is 8. The molecular weight excluding hydrogens is 677 g/mol. The first kappa shape index (κ1) is 50.2. The van der Waals surface area contributed by atoms with Crippen LogP contribution in [-0.2, 0) is 32.7 Å². The molecule has 0 heterocycles. The Morgan fingerprint density at radius 3 is 1.58 bits per heavy atom. The molecule has 0 aromatic carbocycles. The lowest BCUT2D eigenvalue weighted by molar-refractivity contribution is -0.870. The van der Waals surface area contributed by atoms with E-state index in [1.807, 2.05) is 21.1 Å². The molecule has 0 aliphatic rings. The van der Waals surface area contributed by atoms with Crippen molar-refractivity contribution in [2.45, 2.75) is 174 Å². The molecule has 0 aliphatic heterocycles. The van der Waals surface area contributed by atoms with Crippen LogP contribution < -0.4 is 4.89 Å². The quantitative estimate of drug-likeness (QED) is 0.0203. The van der Waals surface area contributed by atoms with E-state index in [1.165, 1.54) is 77.0 Å². The number of allylic oxidation sites excluding steroid dienone is 6. The molecule has 52 heavy (non-hydrogen) atoms. The molecule has 0 saturated carbocycles. The minimum Gasteiger partial charge on any atom is -0.756 e. The van der Waals surface area contributed by atoms with E-state index in [4.69, 9.17) is 18.5 Å². The summed E-state index contributed by atoms with van der Waals surface area (Å²) in [4.78, 5) is 37.4. The van der Waals surface area contributed by atoms with Gasteiger partial charge in [0, 0.05) is 12.8 Å². The molecule has 0 N–H and O–H groups in total. The zero-order valence-corrected chi connectivity index (χ0v) is 34.9. The highest BCUT2D eigenvalue weighted by molar-refractivity contribution is 7.45. The average Bonchev–Trinajstić information content (AvgIpc) is 3.09. The largest absolute Gasteiger partial charge is 0.756 e. The Bertz CT molecular complexity index is 991. The second kappa shape index (κ2) is 35.0. The third kappa shape index (κ3) is 38.0. The summed E-state index contributed by atoms with van der Waals surface area (Å²) < 4.78 is 33.8. The fourth-order valence-electron chi connectivity index (χ4n) is 5.37. The first-order valence-electron chi connectivity index (χ1n) is 20.7. The van der Waals surface area contributed by atoms with Crippen molar-refractivity contribution >= 4 is 19.8 Å². The molecule has 0 spiro atoms. The van der Waals surface area contributed by atoms with Crippen molar-refractivity contribution in [3.05, 3.63) is 36.5 Å². The minimum atomic E-state index is -4.62. The monoisotopic (exact) mass is 756 g/mol. The zero-order valence-electron chi connectivity index (χ0n) is 34.0. The summed E-state index contributed by atoms with van der Waals surface area (Å²) >= 11 is 0. The van der Waals surface area contributed by atoms with E-state index >= 15 is 0 Å². The number of likely N-dealkylation sites (N-methyl/N-ethyl adjacent to an activating group) is 1. The Kier molecular flexibility index (Phi) is 33.8. The van der Waals surface area contributed by atoms with Crippen LogP contribution in [0.15, 0.2) is 36.5 Å². The number of carbonyl (C=O) groups is 2. The molecule has 0 aromatic heterocycles. The van der Waals surface area contributed by atoms with Gasteiger partial charge in [0.1, 0.15) is 19.8 Å². The van der Waals surface area contributed by atoms with E-state index in [9.17, 15) is 19.0 Å². The summed E-state index contributed by atoms with van der Waals surface area (Å²) in [6.45, 7) is 4.15. The maximum atomic E-state index is 12.6. The number of carbonyl (C=O) groups excluding carboxylic acids is 2. The Balaban J connectivity index is 4.44. The van der Waals surface area contributed by atoms with E-state index in [0.29, 0.717) is 17.4 Å². The topological polar surface area (TPSA) is 111 Å². The highest BCUT2D eigenvalue weighted by atomic mass is 31.2. The zero-order chi connectivity index (χ0) is 38.6. The van der Waals surface area contributed by atoms with Gasteiger partial charge in [-0.15, -0.1) is 0 Å². The Hall–Kier alpha value is -1.77. The number of rotatable bonds is 37. The van der Waals surface area contributed by atoms with E-state index in [2.05, 4.69) is 50.3 Å². The van der Waals surface area contributed by atoms with Crippen LogP contribution in [0, 0.1) is 0 Å². The number of esters is 2. The van der Waals surface area contributed by atoms with Gasteiger partial charge in [-0.2, -0.15) is 0 Å². The lowest BCUT2D eigenvalue weighted by atomic mass is 10.1. The molecule has 0 saturated heterocycles. The fraction of sp³-hybridized carbons (Fsp3) is 0.810. The molecule has 10 heteroatoms. The number of phosphoric acid groups is 1. The maximum Gasteiger partial charge on any atom is 0.306 e. The van der Waals surface area contributed by atoms with Crippen LogP contribution in [0.3, 0.4) is 0 Å². The summed E-state index contributed by atoms with van der Waals surface area (Å²) in [5, 5.41) is 0. The Morgan fingerprint density at radius 2 is 1.04 bits per heavy atom. The normalized spacial score (nSPS) is 14.0. The van der Waals surface area contributed by atoms with Crippen LogP contribution in [0.1, 0.15) is 168 Å². The van der Waals surface area contributed by atoms with Crippen molar-refractivity contribution in [2.24, 2.45) is 0 Å². The number of unbranched alkanes of at least 4 members (excludes halogenated alkanes) is 17. The second-order valence-corrected chi connectivity index (χ2v) is 16.4. The van der Waals surface area contributed by atoms with Gasteiger partial charge in [-0.1, -0.05) is 140 Å². The highest BCUT2D eigenvalue weighted by Crippen LogP contribution is 2.38. The van der Waals surface area contributed by atoms with Gasteiger partial charge in [0.05, 0.1) is 27.7 Å². The molecular formula is C42H78NO8P. The summed E-state index contributed by atoms with van der Waals surface area (Å²) in [6.07, 6.45) is 37.4. The first-order valence-corrected chi connectivity index (χ1v) is 22.2. The van der Waals surface area contributed by atoms with E-state index in [0.717, 1.165) is 57.8 Å². The Labute approximate surface area is 319 Å². The number of nitrogens with zero attached hydrogens (tertiary/aromatic N) is 1. The van der Waals surface area contributed by atoms with Crippen LogP contribution in [0.4, 0.5) is 0 Å². The third-order valence-electron chi connectivity index (χ3n) is 8.66. The van der Waals surface area contributed by atoms with E-state index in [-0.39, 0.29) is 26.1 Å². The molecule has 0 rings (SSSR count). The number of hydrogen-bond donors (Lipinski definition) is 0. The predicted octanol–water partition coefficient (Wildman–Crippen LogP) is 10.7. The highest BCUT2D eigenvalue weighted by Gasteiger charge is 2.21. The minimum absolute atomic E-state index is 0.0351. The summed E-state index contributed by atoms with van der Waals surface area (Å²) in [5.74, 6) is -0.860. The van der Waals surface area contributed by atoms with Gasteiger partial charge in [0.25, 0.3) is 7.82 Å². The maximum absolute atomic E-state index is 12.6. The molecule has 0 fully saturated rings. The van der Waals surface area contributed by atoms with Gasteiger partial charge < -0.3 is 27.9 Å². The summed E-state index contributed by atoms with van der Waals surface area (Å²) in [7, 11) is 1.15. The SMILES string of the molecule is CCCCC/C=C\C/C=C\C/C=C\CCCCCCC(=O)O[C@H](COC(=O)CCCCCCCCCCCCC)COP(=O)([O-])OCC[N+](C)(C)C. The van der Waals surface area contributed by atoms with Crippen LogP contribution >= 0.6 is 7.82 Å². The number of phosphoric ester groups is 1. The van der Waals surface area contributed by atoms with Gasteiger partial charge in [0.2, 0.25) is 0 Å². The predicted molar refractivity (Wildman–Crippen MR) is 213 cm³/mol. The summed E-state index contributed by atoms with van der Waals surface area (Å²) in [6, 6.07) is 0. The molecule has 1 unspecified atom stereocenters. The van der Waals surface area contributed by atoms with E-state index in [1.54, 1.807) is 0 Å². The van der Waals surface area contributed by atoms with Crippen LogP contribution in [0.5, 0.6) is 0 Å². The lowest BCUT2D eigenvalue weighted by Crippen LogP contribution is -2.37. The van der Waals surface area contributed by atoms with E-state index < -0.39 is 32.5 Å². The molecule has 0 amide bonds. The van der Waals surface area contributed by atoms with Crippen LogP contribution in [0.25, 0.3) is 0 Å². The second-order valence-electron chi connectivity index (χ2n) is 15.0. The van der Waals surface area contributed by atoms with Gasteiger partial charge >= 0.3 is 11.9 Å². The van der Waals surface area contributed by atoms with Crippen LogP contribution in [-0.4, -0.2) is 70.0 Å². The smallest absolute Gasteiger partial charge is 0.306 e. The molecule has 0 aliphatic carbocycles. The van der Waals surface area contributed by atoms with Crippen molar-refractivity contribution < 1.29 is 42.1 Å². The van der Waals surface area contributed by atoms with Gasteiger partial charge in [-0.05, 0) is 51.4 Å². The molecule has 0 radical (unpaired) electrons. The number of ether oxygens (including phenoxy) is 2. The third-order valence-corrected chi connectivity index (χ3v) is 9.63.